The van der Waals surface area contributed by atoms with Crippen molar-refractivity contribution in [1.29, 1.82) is 0 Å². The first-order chi connectivity index (χ1) is 8.06. The van der Waals surface area contributed by atoms with Gasteiger partial charge in [0.05, 0.1) is 6.61 Å². The predicted molar refractivity (Wildman–Crippen MR) is 73.7 cm³/mol. The van der Waals surface area contributed by atoms with Gasteiger partial charge in [0.2, 0.25) is 0 Å². The summed E-state index contributed by atoms with van der Waals surface area (Å²) in [5, 5.41) is 12.2. The second kappa shape index (κ2) is 6.62. The summed E-state index contributed by atoms with van der Waals surface area (Å²) in [5.74, 6) is 0. The molecule has 0 amide bonds. The van der Waals surface area contributed by atoms with Gasteiger partial charge in [-0.3, -0.25) is 0 Å². The van der Waals surface area contributed by atoms with Crippen molar-refractivity contribution < 1.29 is 5.11 Å². The summed E-state index contributed by atoms with van der Waals surface area (Å²) in [4.78, 5) is 2.24. The molecule has 0 aliphatic heterocycles. The van der Waals surface area contributed by atoms with Gasteiger partial charge in [-0.1, -0.05) is 6.07 Å². The minimum absolute atomic E-state index is 0.184. The first-order valence-corrected chi connectivity index (χ1v) is 6.14. The summed E-state index contributed by atoms with van der Waals surface area (Å²) in [6.07, 6.45) is 0.941. The summed E-state index contributed by atoms with van der Waals surface area (Å²) in [5.41, 5.74) is 3.83. The molecule has 0 aliphatic carbocycles. The molecule has 0 saturated heterocycles. The number of aliphatic hydroxyl groups excluding tert-OH is 1. The summed E-state index contributed by atoms with van der Waals surface area (Å²) in [7, 11) is 3.98. The number of aliphatic hydroxyl groups is 1. The largest absolute Gasteiger partial charge is 0.395 e. The normalized spacial score (nSPS) is 12.5. The van der Waals surface area contributed by atoms with Crippen molar-refractivity contribution in [3.63, 3.8) is 0 Å². The molecule has 1 atom stereocenters. The number of hydrogen-bond donors (Lipinski definition) is 2. The Morgan fingerprint density at radius 1 is 1.24 bits per heavy atom. The lowest BCUT2D eigenvalue weighted by molar-refractivity contribution is 0.243. The van der Waals surface area contributed by atoms with Crippen molar-refractivity contribution >= 4 is 5.69 Å². The lowest BCUT2D eigenvalue weighted by Crippen LogP contribution is -2.33. The third kappa shape index (κ3) is 4.36. The van der Waals surface area contributed by atoms with Gasteiger partial charge in [0.1, 0.15) is 0 Å². The van der Waals surface area contributed by atoms with Crippen LogP contribution in [0.4, 0.5) is 5.69 Å². The molecule has 0 spiro atoms. The van der Waals surface area contributed by atoms with Crippen LogP contribution in [0.3, 0.4) is 0 Å². The molecule has 1 unspecified atom stereocenters. The van der Waals surface area contributed by atoms with Crippen LogP contribution in [0.15, 0.2) is 18.2 Å². The molecule has 3 heteroatoms. The number of nitrogens with zero attached hydrogens (tertiary/aromatic N) is 1. The Labute approximate surface area is 104 Å². The van der Waals surface area contributed by atoms with Crippen molar-refractivity contribution in [2.75, 3.05) is 32.1 Å². The Hall–Kier alpha value is -1.06. The Balaban J connectivity index is 2.60. The van der Waals surface area contributed by atoms with E-state index in [2.05, 4.69) is 49.3 Å². The molecule has 0 aromatic heterocycles. The third-order valence-electron chi connectivity index (χ3n) is 3.09. The average molecular weight is 236 g/mol. The molecule has 96 valence electrons. The van der Waals surface area contributed by atoms with Gasteiger partial charge in [-0.15, -0.1) is 0 Å². The zero-order chi connectivity index (χ0) is 12.8. The number of anilines is 1. The minimum Gasteiger partial charge on any atom is -0.395 e. The molecule has 0 bridgehead atoms. The lowest BCUT2D eigenvalue weighted by atomic mass is 10.1. The maximum atomic E-state index is 9.12. The zero-order valence-electron chi connectivity index (χ0n) is 11.3. The molecule has 1 rings (SSSR count). The van der Waals surface area contributed by atoms with E-state index >= 15 is 0 Å². The number of likely N-dealkylation sites (N-methyl/N-ethyl adjacent to an activating group) is 1. The molecular formula is C14H24N2O. The molecule has 2 N–H and O–H groups in total. The van der Waals surface area contributed by atoms with Crippen LogP contribution in [0.2, 0.25) is 0 Å². The molecular weight excluding hydrogens is 212 g/mol. The highest BCUT2D eigenvalue weighted by atomic mass is 16.3. The van der Waals surface area contributed by atoms with Gasteiger partial charge >= 0.3 is 0 Å². The minimum atomic E-state index is 0.184. The zero-order valence-corrected chi connectivity index (χ0v) is 11.3. The topological polar surface area (TPSA) is 35.5 Å². The highest BCUT2D eigenvalue weighted by Gasteiger charge is 2.07. The Morgan fingerprint density at radius 2 is 1.82 bits per heavy atom. The maximum absolute atomic E-state index is 9.12. The summed E-state index contributed by atoms with van der Waals surface area (Å²) in [6.45, 7) is 5.37. The first kappa shape index (κ1) is 14.0. The van der Waals surface area contributed by atoms with Crippen LogP contribution in [0.5, 0.6) is 0 Å². The van der Waals surface area contributed by atoms with E-state index in [-0.39, 0.29) is 12.6 Å². The van der Waals surface area contributed by atoms with Gasteiger partial charge in [-0.2, -0.15) is 0 Å². The number of nitrogens with one attached hydrogen (secondary N) is 1. The van der Waals surface area contributed by atoms with Crippen LogP contribution in [0, 0.1) is 13.8 Å². The van der Waals surface area contributed by atoms with E-state index in [0.717, 1.165) is 13.0 Å². The summed E-state index contributed by atoms with van der Waals surface area (Å²) in [6, 6.07) is 6.76. The highest BCUT2D eigenvalue weighted by Crippen LogP contribution is 2.17. The fourth-order valence-electron chi connectivity index (χ4n) is 1.98. The fraction of sp³-hybridized carbons (Fsp3) is 0.571. The highest BCUT2D eigenvalue weighted by molar-refractivity contribution is 5.50. The summed E-state index contributed by atoms with van der Waals surface area (Å²) < 4.78 is 0. The van der Waals surface area contributed by atoms with Crippen LogP contribution in [-0.4, -0.2) is 38.4 Å². The lowest BCUT2D eigenvalue weighted by Gasteiger charge is -2.23. The predicted octanol–water partition coefficient (Wildman–Crippen LogP) is 1.71. The molecule has 17 heavy (non-hydrogen) atoms. The van der Waals surface area contributed by atoms with Gasteiger partial charge in [-0.05, 0) is 50.6 Å². The molecule has 0 radical (unpaired) electrons. The second-order valence-corrected chi connectivity index (χ2v) is 4.72. The van der Waals surface area contributed by atoms with Gasteiger partial charge < -0.3 is 15.3 Å². The smallest absolute Gasteiger partial charge is 0.0585 e. The fourth-order valence-corrected chi connectivity index (χ4v) is 1.98. The van der Waals surface area contributed by atoms with Crippen LogP contribution >= 0.6 is 0 Å². The van der Waals surface area contributed by atoms with Crippen molar-refractivity contribution in [3.05, 3.63) is 29.3 Å². The average Bonchev–Trinajstić information content (AvgIpc) is 2.28. The van der Waals surface area contributed by atoms with Gasteiger partial charge in [0.25, 0.3) is 0 Å². The number of hydrogen-bond acceptors (Lipinski definition) is 3. The van der Waals surface area contributed by atoms with Crippen LogP contribution in [0.25, 0.3) is 0 Å². The molecule has 0 saturated carbocycles. The quantitative estimate of drug-likeness (QED) is 0.789. The van der Waals surface area contributed by atoms with Gasteiger partial charge in [-0.25, -0.2) is 0 Å². The molecule has 1 aromatic rings. The standard InChI is InChI=1S/C14H24N2O/c1-11-7-12(2)9-14(8-11)16(4)6-5-13(10-17)15-3/h7-9,13,15,17H,5-6,10H2,1-4H3. The Kier molecular flexibility index (Phi) is 5.45. The van der Waals surface area contributed by atoms with Gasteiger partial charge in [0, 0.05) is 25.3 Å². The Morgan fingerprint density at radius 3 is 2.29 bits per heavy atom. The maximum Gasteiger partial charge on any atom is 0.0585 e. The summed E-state index contributed by atoms with van der Waals surface area (Å²) >= 11 is 0. The van der Waals surface area contributed by atoms with E-state index in [0.29, 0.717) is 0 Å². The molecule has 0 heterocycles. The molecule has 1 aromatic carbocycles. The van der Waals surface area contributed by atoms with Crippen LogP contribution < -0.4 is 10.2 Å². The van der Waals surface area contributed by atoms with E-state index in [1.54, 1.807) is 0 Å². The van der Waals surface area contributed by atoms with Crippen molar-refractivity contribution in [2.45, 2.75) is 26.3 Å². The van der Waals surface area contributed by atoms with Gasteiger partial charge in [0.15, 0.2) is 0 Å². The van der Waals surface area contributed by atoms with Crippen molar-refractivity contribution in [3.8, 4) is 0 Å². The number of benzene rings is 1. The Bertz CT molecular complexity index is 328. The second-order valence-electron chi connectivity index (χ2n) is 4.72. The van der Waals surface area contributed by atoms with E-state index in [9.17, 15) is 0 Å². The van der Waals surface area contributed by atoms with Crippen molar-refractivity contribution in [1.82, 2.24) is 5.32 Å². The monoisotopic (exact) mass is 236 g/mol. The third-order valence-corrected chi connectivity index (χ3v) is 3.09. The molecule has 3 nitrogen and oxygen atoms in total. The van der Waals surface area contributed by atoms with E-state index in [4.69, 9.17) is 5.11 Å². The molecule has 0 fully saturated rings. The van der Waals surface area contributed by atoms with Crippen molar-refractivity contribution in [2.24, 2.45) is 0 Å². The number of aryl methyl sites for hydroxylation is 2. The van der Waals surface area contributed by atoms with Crippen LogP contribution in [-0.2, 0) is 0 Å². The van der Waals surface area contributed by atoms with E-state index < -0.39 is 0 Å². The first-order valence-electron chi connectivity index (χ1n) is 6.14. The SMILES string of the molecule is CNC(CO)CCN(C)c1cc(C)cc(C)c1. The van der Waals surface area contributed by atoms with Crippen LogP contribution in [0.1, 0.15) is 17.5 Å². The van der Waals surface area contributed by atoms with E-state index in [1.807, 2.05) is 7.05 Å². The number of rotatable bonds is 6. The van der Waals surface area contributed by atoms with E-state index in [1.165, 1.54) is 16.8 Å². The molecule has 0 aliphatic rings.